The van der Waals surface area contributed by atoms with Crippen molar-refractivity contribution in [3.8, 4) is 10.7 Å². The van der Waals surface area contributed by atoms with Crippen LogP contribution in [-0.4, -0.2) is 23.1 Å². The van der Waals surface area contributed by atoms with Gasteiger partial charge in [-0.1, -0.05) is 6.07 Å². The van der Waals surface area contributed by atoms with Gasteiger partial charge in [0, 0.05) is 17.3 Å². The van der Waals surface area contributed by atoms with Gasteiger partial charge in [0.1, 0.15) is 5.01 Å². The molecule has 1 N–H and O–H groups in total. The van der Waals surface area contributed by atoms with Crippen molar-refractivity contribution in [3.05, 3.63) is 35.0 Å². The van der Waals surface area contributed by atoms with Crippen LogP contribution in [0.4, 0.5) is 0 Å². The molecule has 1 saturated heterocycles. The molecule has 0 radical (unpaired) electrons. The number of rotatable bonds is 3. The monoisotopic (exact) mass is 273 g/mol. The second-order valence-electron chi connectivity index (χ2n) is 5.24. The first-order valence-corrected chi connectivity index (χ1v) is 7.77. The molecule has 0 saturated carbocycles. The molecule has 0 spiro atoms. The Bertz CT molecular complexity index is 527. The molecular formula is C15H19N3S. The molecule has 0 amide bonds. The highest BCUT2D eigenvalue weighted by atomic mass is 32.1. The first kappa shape index (κ1) is 12.8. The Morgan fingerprint density at radius 3 is 2.79 bits per heavy atom. The van der Waals surface area contributed by atoms with Crippen molar-refractivity contribution in [2.45, 2.75) is 26.2 Å². The van der Waals surface area contributed by atoms with E-state index in [4.69, 9.17) is 0 Å². The Morgan fingerprint density at radius 2 is 2.16 bits per heavy atom. The van der Waals surface area contributed by atoms with Crippen molar-refractivity contribution < 1.29 is 0 Å². The van der Waals surface area contributed by atoms with Crippen molar-refractivity contribution in [1.29, 1.82) is 0 Å². The number of aromatic nitrogens is 2. The first-order valence-electron chi connectivity index (χ1n) is 6.89. The Balaban J connectivity index is 1.68. The van der Waals surface area contributed by atoms with E-state index in [0.29, 0.717) is 0 Å². The number of thiazole rings is 1. The molecule has 2 aromatic rings. The van der Waals surface area contributed by atoms with Crippen LogP contribution in [0.5, 0.6) is 0 Å². The normalized spacial score (nSPS) is 16.7. The molecule has 3 rings (SSSR count). The zero-order valence-electron chi connectivity index (χ0n) is 11.2. The molecule has 3 heterocycles. The molecule has 19 heavy (non-hydrogen) atoms. The fraction of sp³-hybridized carbons (Fsp3) is 0.467. The van der Waals surface area contributed by atoms with Crippen LogP contribution in [0.25, 0.3) is 10.7 Å². The summed E-state index contributed by atoms with van der Waals surface area (Å²) in [6.07, 6.45) is 5.75. The van der Waals surface area contributed by atoms with Gasteiger partial charge in [-0.25, -0.2) is 4.98 Å². The third-order valence-corrected chi connectivity index (χ3v) is 4.63. The quantitative estimate of drug-likeness (QED) is 0.934. The Morgan fingerprint density at radius 1 is 1.32 bits per heavy atom. The van der Waals surface area contributed by atoms with Crippen LogP contribution in [0.3, 0.4) is 0 Å². The van der Waals surface area contributed by atoms with Crippen molar-refractivity contribution in [2.75, 3.05) is 13.1 Å². The molecule has 0 atom stereocenters. The maximum atomic E-state index is 4.56. The van der Waals surface area contributed by atoms with Crippen LogP contribution >= 0.6 is 11.3 Å². The predicted octanol–water partition coefficient (Wildman–Crippen LogP) is 3.06. The third-order valence-electron chi connectivity index (χ3n) is 3.65. The summed E-state index contributed by atoms with van der Waals surface area (Å²) < 4.78 is 0. The van der Waals surface area contributed by atoms with Crippen LogP contribution in [0.1, 0.15) is 24.1 Å². The summed E-state index contributed by atoms with van der Waals surface area (Å²) >= 11 is 1.66. The van der Waals surface area contributed by atoms with Crippen LogP contribution in [0.15, 0.2) is 23.7 Å². The molecule has 1 aliphatic rings. The van der Waals surface area contributed by atoms with Crippen LogP contribution in [0, 0.1) is 12.8 Å². The Labute approximate surface area is 118 Å². The highest BCUT2D eigenvalue weighted by Crippen LogP contribution is 2.23. The fourth-order valence-electron chi connectivity index (χ4n) is 2.56. The van der Waals surface area contributed by atoms with E-state index in [0.717, 1.165) is 41.8 Å². The summed E-state index contributed by atoms with van der Waals surface area (Å²) in [6.45, 7) is 4.34. The molecular weight excluding hydrogens is 254 g/mol. The maximum absolute atomic E-state index is 4.56. The number of aryl methyl sites for hydroxylation is 1. The molecule has 0 unspecified atom stereocenters. The van der Waals surface area contributed by atoms with E-state index in [1.807, 2.05) is 13.1 Å². The lowest BCUT2D eigenvalue weighted by molar-refractivity contribution is 0.372. The molecule has 1 fully saturated rings. The molecule has 100 valence electrons. The SMILES string of the molecule is Cc1csc(-c2ccc(CC3CCNCC3)cn2)n1. The van der Waals surface area contributed by atoms with Crippen molar-refractivity contribution >= 4 is 11.3 Å². The highest BCUT2D eigenvalue weighted by molar-refractivity contribution is 7.13. The minimum Gasteiger partial charge on any atom is -0.317 e. The van der Waals surface area contributed by atoms with Gasteiger partial charge < -0.3 is 5.32 Å². The van der Waals surface area contributed by atoms with Gasteiger partial charge >= 0.3 is 0 Å². The summed E-state index contributed by atoms with van der Waals surface area (Å²) in [6, 6.07) is 4.32. The fourth-order valence-corrected chi connectivity index (χ4v) is 3.34. The molecule has 2 aromatic heterocycles. The summed E-state index contributed by atoms with van der Waals surface area (Å²) in [5.41, 5.74) is 3.41. The van der Waals surface area contributed by atoms with E-state index in [1.54, 1.807) is 11.3 Å². The van der Waals surface area contributed by atoms with Crippen LogP contribution in [-0.2, 0) is 6.42 Å². The van der Waals surface area contributed by atoms with E-state index in [1.165, 1.54) is 18.4 Å². The number of piperidine rings is 1. The van der Waals surface area contributed by atoms with E-state index in [2.05, 4.69) is 32.8 Å². The zero-order chi connectivity index (χ0) is 13.1. The standard InChI is InChI=1S/C15H19N3S/c1-11-10-19-15(18-11)14-3-2-13(9-17-14)8-12-4-6-16-7-5-12/h2-3,9-10,12,16H,4-8H2,1H3. The van der Waals surface area contributed by atoms with Gasteiger partial charge in [-0.3, -0.25) is 4.98 Å². The average molecular weight is 273 g/mol. The molecule has 0 aliphatic carbocycles. The highest BCUT2D eigenvalue weighted by Gasteiger charge is 2.13. The lowest BCUT2D eigenvalue weighted by Crippen LogP contribution is -2.28. The zero-order valence-corrected chi connectivity index (χ0v) is 12.0. The van der Waals surface area contributed by atoms with Crippen LogP contribution < -0.4 is 5.32 Å². The second-order valence-corrected chi connectivity index (χ2v) is 6.10. The van der Waals surface area contributed by atoms with Gasteiger partial charge in [0.25, 0.3) is 0 Å². The topological polar surface area (TPSA) is 37.8 Å². The maximum Gasteiger partial charge on any atom is 0.142 e. The number of nitrogens with zero attached hydrogens (tertiary/aromatic N) is 2. The van der Waals surface area contributed by atoms with E-state index < -0.39 is 0 Å². The first-order chi connectivity index (χ1) is 9.31. The van der Waals surface area contributed by atoms with Crippen molar-refractivity contribution in [3.63, 3.8) is 0 Å². The van der Waals surface area contributed by atoms with Gasteiger partial charge in [-0.15, -0.1) is 11.3 Å². The molecule has 4 heteroatoms. The lowest BCUT2D eigenvalue weighted by atomic mass is 9.91. The second kappa shape index (κ2) is 5.80. The van der Waals surface area contributed by atoms with Crippen molar-refractivity contribution in [2.24, 2.45) is 5.92 Å². The number of nitrogens with one attached hydrogen (secondary N) is 1. The summed E-state index contributed by atoms with van der Waals surface area (Å²) in [5.74, 6) is 0.816. The van der Waals surface area contributed by atoms with Gasteiger partial charge in [0.05, 0.1) is 5.69 Å². The van der Waals surface area contributed by atoms with Crippen molar-refractivity contribution in [1.82, 2.24) is 15.3 Å². The molecule has 3 nitrogen and oxygen atoms in total. The number of pyridine rings is 1. The average Bonchev–Trinajstić information content (AvgIpc) is 2.87. The van der Waals surface area contributed by atoms with Gasteiger partial charge in [-0.2, -0.15) is 0 Å². The molecule has 1 aliphatic heterocycles. The summed E-state index contributed by atoms with van der Waals surface area (Å²) in [4.78, 5) is 9.03. The number of hydrogen-bond donors (Lipinski definition) is 1. The third kappa shape index (κ3) is 3.19. The van der Waals surface area contributed by atoms with Crippen LogP contribution in [0.2, 0.25) is 0 Å². The Hall–Kier alpha value is -1.26. The predicted molar refractivity (Wildman–Crippen MR) is 79.4 cm³/mol. The van der Waals surface area contributed by atoms with Gasteiger partial charge in [-0.05, 0) is 56.8 Å². The minimum atomic E-state index is 0.816. The minimum absolute atomic E-state index is 0.816. The van der Waals surface area contributed by atoms with Gasteiger partial charge in [0.2, 0.25) is 0 Å². The van der Waals surface area contributed by atoms with E-state index >= 15 is 0 Å². The van der Waals surface area contributed by atoms with E-state index in [-0.39, 0.29) is 0 Å². The number of hydrogen-bond acceptors (Lipinski definition) is 4. The largest absolute Gasteiger partial charge is 0.317 e. The Kier molecular flexibility index (Phi) is 3.89. The molecule has 0 aromatic carbocycles. The van der Waals surface area contributed by atoms with Gasteiger partial charge in [0.15, 0.2) is 0 Å². The molecule has 0 bridgehead atoms. The smallest absolute Gasteiger partial charge is 0.142 e. The lowest BCUT2D eigenvalue weighted by Gasteiger charge is -2.22. The van der Waals surface area contributed by atoms with E-state index in [9.17, 15) is 0 Å². The summed E-state index contributed by atoms with van der Waals surface area (Å²) in [5, 5.41) is 6.50. The summed E-state index contributed by atoms with van der Waals surface area (Å²) in [7, 11) is 0.